The van der Waals surface area contributed by atoms with Gasteiger partial charge in [-0.05, 0) is 38.1 Å². The number of hydrogen-bond acceptors (Lipinski definition) is 3. The molecule has 1 aromatic carbocycles. The van der Waals surface area contributed by atoms with Crippen molar-refractivity contribution in [2.24, 2.45) is 0 Å². The monoisotopic (exact) mass is 324 g/mol. The summed E-state index contributed by atoms with van der Waals surface area (Å²) in [6.07, 6.45) is 2.92. The summed E-state index contributed by atoms with van der Waals surface area (Å²) in [4.78, 5) is 4.32. The van der Waals surface area contributed by atoms with Gasteiger partial charge in [-0.3, -0.25) is 4.98 Å². The number of halogens is 2. The van der Waals surface area contributed by atoms with Gasteiger partial charge in [-0.1, -0.05) is 30.1 Å². The van der Waals surface area contributed by atoms with E-state index in [1.165, 1.54) is 0 Å². The van der Waals surface area contributed by atoms with Gasteiger partial charge < -0.3 is 10.1 Å². The van der Waals surface area contributed by atoms with Crippen LogP contribution in [0.3, 0.4) is 0 Å². The number of hydrogen-bond donors (Lipinski definition) is 1. The number of nitrogens with zero attached hydrogens (tertiary/aromatic N) is 1. The van der Waals surface area contributed by atoms with Crippen molar-refractivity contribution in [2.75, 3.05) is 6.54 Å². The van der Waals surface area contributed by atoms with Gasteiger partial charge in [0, 0.05) is 40.1 Å². The quantitative estimate of drug-likeness (QED) is 0.760. The zero-order chi connectivity index (χ0) is 15.2. The Labute approximate surface area is 135 Å². The molecule has 0 aliphatic rings. The molecular formula is C16H18Cl2N2O. The average molecular weight is 325 g/mol. The standard InChI is InChI=1S/C16H18Cl2N2O/c1-3-4-19-9-12-10-20-11(2)5-16(12)21-15-7-13(17)6-14(18)8-15/h5-8,10,19H,3-4,9H2,1-2H3. The van der Waals surface area contributed by atoms with Crippen LogP contribution < -0.4 is 10.1 Å². The molecule has 0 saturated heterocycles. The summed E-state index contributed by atoms with van der Waals surface area (Å²) in [5, 5.41) is 4.45. The molecule has 5 heteroatoms. The molecule has 2 aromatic rings. The maximum absolute atomic E-state index is 6.00. The molecule has 0 radical (unpaired) electrons. The predicted octanol–water partition coefficient (Wildman–Crippen LogP) is 4.99. The second kappa shape index (κ2) is 7.64. The molecule has 1 N–H and O–H groups in total. The van der Waals surface area contributed by atoms with Crippen LogP contribution in [0, 0.1) is 6.92 Å². The molecule has 0 atom stereocenters. The topological polar surface area (TPSA) is 34.2 Å². The zero-order valence-corrected chi connectivity index (χ0v) is 13.6. The van der Waals surface area contributed by atoms with Crippen LogP contribution in [-0.4, -0.2) is 11.5 Å². The van der Waals surface area contributed by atoms with Crippen molar-refractivity contribution < 1.29 is 4.74 Å². The van der Waals surface area contributed by atoms with Crippen LogP contribution in [0.2, 0.25) is 10.0 Å². The Kier molecular flexibility index (Phi) is 5.85. The summed E-state index contributed by atoms with van der Waals surface area (Å²) < 4.78 is 5.93. The van der Waals surface area contributed by atoms with Crippen LogP contribution in [0.5, 0.6) is 11.5 Å². The minimum Gasteiger partial charge on any atom is -0.457 e. The third-order valence-electron chi connectivity index (χ3n) is 2.89. The van der Waals surface area contributed by atoms with E-state index >= 15 is 0 Å². The average Bonchev–Trinajstić information content (AvgIpc) is 2.40. The summed E-state index contributed by atoms with van der Waals surface area (Å²) in [5.74, 6) is 1.39. The van der Waals surface area contributed by atoms with Gasteiger partial charge in [0.1, 0.15) is 11.5 Å². The summed E-state index contributed by atoms with van der Waals surface area (Å²) >= 11 is 12.0. The van der Waals surface area contributed by atoms with Crippen molar-refractivity contribution in [2.45, 2.75) is 26.8 Å². The van der Waals surface area contributed by atoms with Crippen LogP contribution in [0.25, 0.3) is 0 Å². The molecular weight excluding hydrogens is 307 g/mol. The van der Waals surface area contributed by atoms with Crippen molar-refractivity contribution in [3.63, 3.8) is 0 Å². The van der Waals surface area contributed by atoms with E-state index in [-0.39, 0.29) is 0 Å². The van der Waals surface area contributed by atoms with E-state index < -0.39 is 0 Å². The molecule has 112 valence electrons. The molecule has 0 aliphatic carbocycles. The Hall–Kier alpha value is -1.29. The Bertz CT molecular complexity index is 597. The summed E-state index contributed by atoms with van der Waals surface area (Å²) in [7, 11) is 0. The van der Waals surface area contributed by atoms with E-state index in [9.17, 15) is 0 Å². The normalized spacial score (nSPS) is 10.7. The SMILES string of the molecule is CCCNCc1cnc(C)cc1Oc1cc(Cl)cc(Cl)c1. The fourth-order valence-electron chi connectivity index (χ4n) is 1.91. The third-order valence-corrected chi connectivity index (χ3v) is 3.32. The van der Waals surface area contributed by atoms with E-state index in [1.54, 1.807) is 18.2 Å². The van der Waals surface area contributed by atoms with Crippen LogP contribution in [0.15, 0.2) is 30.5 Å². The number of rotatable bonds is 6. The minimum atomic E-state index is 0.550. The number of ether oxygens (including phenoxy) is 1. The number of pyridine rings is 1. The lowest BCUT2D eigenvalue weighted by Crippen LogP contribution is -2.14. The number of aryl methyl sites for hydroxylation is 1. The van der Waals surface area contributed by atoms with Gasteiger partial charge in [-0.2, -0.15) is 0 Å². The van der Waals surface area contributed by atoms with Crippen molar-refractivity contribution in [1.82, 2.24) is 10.3 Å². The van der Waals surface area contributed by atoms with Gasteiger partial charge in [0.05, 0.1) is 0 Å². The highest BCUT2D eigenvalue weighted by Gasteiger charge is 2.08. The highest BCUT2D eigenvalue weighted by Crippen LogP contribution is 2.30. The van der Waals surface area contributed by atoms with E-state index in [4.69, 9.17) is 27.9 Å². The minimum absolute atomic E-state index is 0.550. The van der Waals surface area contributed by atoms with Gasteiger partial charge in [0.15, 0.2) is 0 Å². The molecule has 0 amide bonds. The second-order valence-corrected chi connectivity index (χ2v) is 5.69. The summed E-state index contributed by atoms with van der Waals surface area (Å²) in [5.41, 5.74) is 1.91. The molecule has 2 rings (SSSR count). The molecule has 0 unspecified atom stereocenters. The predicted molar refractivity (Wildman–Crippen MR) is 87.5 cm³/mol. The van der Waals surface area contributed by atoms with E-state index in [1.807, 2.05) is 19.2 Å². The first-order valence-corrected chi connectivity index (χ1v) is 7.64. The second-order valence-electron chi connectivity index (χ2n) is 4.82. The van der Waals surface area contributed by atoms with Crippen molar-refractivity contribution in [3.8, 4) is 11.5 Å². The van der Waals surface area contributed by atoms with Crippen LogP contribution in [0.4, 0.5) is 0 Å². The van der Waals surface area contributed by atoms with Gasteiger partial charge in [-0.25, -0.2) is 0 Å². The molecule has 0 bridgehead atoms. The molecule has 0 aliphatic heterocycles. The van der Waals surface area contributed by atoms with Gasteiger partial charge >= 0.3 is 0 Å². The molecule has 0 spiro atoms. The van der Waals surface area contributed by atoms with Gasteiger partial charge in [0.25, 0.3) is 0 Å². The van der Waals surface area contributed by atoms with Crippen molar-refractivity contribution in [3.05, 3.63) is 51.8 Å². The van der Waals surface area contributed by atoms with E-state index in [0.29, 0.717) is 22.3 Å². The molecule has 3 nitrogen and oxygen atoms in total. The van der Waals surface area contributed by atoms with Crippen LogP contribution in [-0.2, 0) is 6.54 Å². The molecule has 0 saturated carbocycles. The van der Waals surface area contributed by atoms with Crippen LogP contribution in [0.1, 0.15) is 24.6 Å². The summed E-state index contributed by atoms with van der Waals surface area (Å²) in [6.45, 7) is 5.73. The fourth-order valence-corrected chi connectivity index (χ4v) is 2.41. The maximum Gasteiger partial charge on any atom is 0.135 e. The lowest BCUT2D eigenvalue weighted by Gasteiger charge is -2.13. The first-order chi connectivity index (χ1) is 10.1. The van der Waals surface area contributed by atoms with Crippen molar-refractivity contribution >= 4 is 23.2 Å². The Morgan fingerprint density at radius 2 is 1.86 bits per heavy atom. The zero-order valence-electron chi connectivity index (χ0n) is 12.1. The largest absolute Gasteiger partial charge is 0.457 e. The third kappa shape index (κ3) is 4.88. The van der Waals surface area contributed by atoms with Crippen LogP contribution >= 0.6 is 23.2 Å². The molecule has 0 fully saturated rings. The van der Waals surface area contributed by atoms with E-state index in [2.05, 4.69) is 17.2 Å². The first kappa shape index (κ1) is 16.1. The molecule has 21 heavy (non-hydrogen) atoms. The fraction of sp³-hybridized carbons (Fsp3) is 0.312. The Morgan fingerprint density at radius 3 is 2.52 bits per heavy atom. The number of aromatic nitrogens is 1. The van der Waals surface area contributed by atoms with Gasteiger partial charge in [0.2, 0.25) is 0 Å². The van der Waals surface area contributed by atoms with Gasteiger partial charge in [-0.15, -0.1) is 0 Å². The summed E-state index contributed by atoms with van der Waals surface area (Å²) in [6, 6.07) is 7.08. The number of nitrogens with one attached hydrogen (secondary N) is 1. The molecule has 1 aromatic heterocycles. The van der Waals surface area contributed by atoms with Crippen molar-refractivity contribution in [1.29, 1.82) is 0 Å². The first-order valence-electron chi connectivity index (χ1n) is 6.88. The lowest BCUT2D eigenvalue weighted by atomic mass is 10.2. The maximum atomic E-state index is 6.00. The van der Waals surface area contributed by atoms with E-state index in [0.717, 1.165) is 30.0 Å². The Balaban J connectivity index is 2.22. The smallest absolute Gasteiger partial charge is 0.135 e. The highest BCUT2D eigenvalue weighted by molar-refractivity contribution is 6.34. The lowest BCUT2D eigenvalue weighted by molar-refractivity contribution is 0.471. The highest BCUT2D eigenvalue weighted by atomic mass is 35.5. The molecule has 1 heterocycles. The number of benzene rings is 1. The Morgan fingerprint density at radius 1 is 1.14 bits per heavy atom.